The molecule has 2 aromatic carbocycles. The van der Waals surface area contributed by atoms with Crippen LogP contribution in [0.1, 0.15) is 21.7 Å². The summed E-state index contributed by atoms with van der Waals surface area (Å²) < 4.78 is 24.4. The Hall–Kier alpha value is -3.88. The van der Waals surface area contributed by atoms with E-state index in [4.69, 9.17) is 9.26 Å². The molecule has 0 fully saturated rings. The van der Waals surface area contributed by atoms with Crippen LogP contribution < -0.4 is 15.0 Å². The highest BCUT2D eigenvalue weighted by atomic mass is 19.1. The first kappa shape index (κ1) is 21.4. The predicted octanol–water partition coefficient (Wildman–Crippen LogP) is 3.71. The van der Waals surface area contributed by atoms with Gasteiger partial charge in [0, 0.05) is 32.6 Å². The molecule has 0 saturated carbocycles. The van der Waals surface area contributed by atoms with Gasteiger partial charge < -0.3 is 24.5 Å². The van der Waals surface area contributed by atoms with Gasteiger partial charge >= 0.3 is 0 Å². The molecule has 0 spiro atoms. The summed E-state index contributed by atoms with van der Waals surface area (Å²) in [6.07, 6.45) is 0.530. The van der Waals surface area contributed by atoms with E-state index in [1.54, 1.807) is 19.0 Å². The van der Waals surface area contributed by atoms with Gasteiger partial charge in [-0.3, -0.25) is 4.79 Å². The second kappa shape index (κ2) is 8.70. The third-order valence-electron chi connectivity index (χ3n) is 5.07. The number of rotatable bonds is 7. The summed E-state index contributed by atoms with van der Waals surface area (Å²) in [5, 5.41) is 6.94. The Kier molecular flexibility index (Phi) is 5.81. The summed E-state index contributed by atoms with van der Waals surface area (Å²) in [5.74, 6) is 0.601. The number of imidazole rings is 1. The van der Waals surface area contributed by atoms with Gasteiger partial charge in [-0.05, 0) is 42.8 Å². The van der Waals surface area contributed by atoms with Gasteiger partial charge in [-0.15, -0.1) is 0 Å². The van der Waals surface area contributed by atoms with Crippen LogP contribution in [-0.2, 0) is 6.42 Å². The fourth-order valence-corrected chi connectivity index (χ4v) is 3.47. The highest BCUT2D eigenvalue weighted by molar-refractivity contribution is 6.04. The number of anilines is 1. The summed E-state index contributed by atoms with van der Waals surface area (Å²) in [5.41, 5.74) is 3.76. The van der Waals surface area contributed by atoms with Gasteiger partial charge in [-0.2, -0.15) is 0 Å². The molecule has 1 amide bonds. The topological polar surface area (TPSA) is 96.3 Å². The third kappa shape index (κ3) is 4.14. The Balaban J connectivity index is 1.55. The summed E-state index contributed by atoms with van der Waals surface area (Å²) >= 11 is 0. The number of hydrogen-bond acceptors (Lipinski definition) is 6. The van der Waals surface area contributed by atoms with Crippen molar-refractivity contribution in [1.82, 2.24) is 20.4 Å². The highest BCUT2D eigenvalue weighted by Gasteiger charge is 2.26. The number of nitrogens with zero attached hydrogens (tertiary/aromatic N) is 3. The van der Waals surface area contributed by atoms with E-state index >= 15 is 0 Å². The van der Waals surface area contributed by atoms with Gasteiger partial charge in [0.1, 0.15) is 11.4 Å². The molecular weight excluding hydrogens is 413 g/mol. The minimum Gasteiger partial charge on any atom is -0.494 e. The van der Waals surface area contributed by atoms with E-state index in [0.717, 1.165) is 22.4 Å². The van der Waals surface area contributed by atoms with Crippen molar-refractivity contribution in [2.75, 3.05) is 32.6 Å². The molecule has 9 heteroatoms. The minimum atomic E-state index is -0.504. The lowest BCUT2D eigenvalue weighted by molar-refractivity contribution is 0.0954. The number of aromatic amines is 1. The van der Waals surface area contributed by atoms with Crippen molar-refractivity contribution in [2.45, 2.75) is 13.3 Å². The second-order valence-corrected chi connectivity index (χ2v) is 7.66. The molecule has 0 radical (unpaired) electrons. The van der Waals surface area contributed by atoms with Crippen molar-refractivity contribution in [2.24, 2.45) is 0 Å². The zero-order valence-electron chi connectivity index (χ0n) is 18.3. The molecule has 2 heterocycles. The molecule has 32 heavy (non-hydrogen) atoms. The van der Waals surface area contributed by atoms with Crippen LogP contribution in [-0.4, -0.2) is 48.8 Å². The number of H-pyrrole nitrogens is 1. The number of fused-ring (bicyclic) bond motifs is 1. The van der Waals surface area contributed by atoms with Crippen LogP contribution in [0.4, 0.5) is 10.2 Å². The zero-order chi connectivity index (χ0) is 22.8. The number of benzene rings is 2. The maximum atomic E-state index is 13.8. The standard InChI is InChI=1S/C23H24FN5O3/c1-13-5-8-16-17(11-13)27-19(26-16)9-10-25-23(30)20-21(32-28-22(20)29(2)3)14-6-7-15(24)18(12-14)31-4/h5-8,11-12H,9-10H2,1-4H3,(H,25,30)(H,26,27). The fourth-order valence-electron chi connectivity index (χ4n) is 3.47. The van der Waals surface area contributed by atoms with Crippen molar-refractivity contribution >= 4 is 22.8 Å². The molecule has 0 atom stereocenters. The molecule has 0 unspecified atom stereocenters. The van der Waals surface area contributed by atoms with Crippen molar-refractivity contribution < 1.29 is 18.4 Å². The first-order valence-electron chi connectivity index (χ1n) is 10.1. The van der Waals surface area contributed by atoms with E-state index in [2.05, 4.69) is 20.4 Å². The molecule has 8 nitrogen and oxygen atoms in total. The Morgan fingerprint density at radius 2 is 2.06 bits per heavy atom. The average Bonchev–Trinajstić information content (AvgIpc) is 3.38. The monoisotopic (exact) mass is 437 g/mol. The molecular formula is C23H24FN5O3. The number of aromatic nitrogens is 3. The number of hydrogen-bond donors (Lipinski definition) is 2. The summed E-state index contributed by atoms with van der Waals surface area (Å²) in [6.45, 7) is 2.39. The van der Waals surface area contributed by atoms with E-state index in [1.165, 1.54) is 25.3 Å². The second-order valence-electron chi connectivity index (χ2n) is 7.66. The van der Waals surface area contributed by atoms with Crippen LogP contribution in [0, 0.1) is 12.7 Å². The lowest BCUT2D eigenvalue weighted by Gasteiger charge is -2.11. The number of carbonyl (C=O) groups excluding carboxylic acids is 1. The van der Waals surface area contributed by atoms with Crippen LogP contribution in [0.3, 0.4) is 0 Å². The molecule has 4 aromatic rings. The number of amides is 1. The van der Waals surface area contributed by atoms with Gasteiger partial charge in [-0.25, -0.2) is 9.37 Å². The van der Waals surface area contributed by atoms with Gasteiger partial charge in [0.05, 0.1) is 18.1 Å². The van der Waals surface area contributed by atoms with Gasteiger partial charge in [0.2, 0.25) is 0 Å². The Labute approximate surface area is 184 Å². The maximum Gasteiger partial charge on any atom is 0.259 e. The van der Waals surface area contributed by atoms with Crippen LogP contribution in [0.2, 0.25) is 0 Å². The Morgan fingerprint density at radius 3 is 2.81 bits per heavy atom. The predicted molar refractivity (Wildman–Crippen MR) is 120 cm³/mol. The molecule has 4 rings (SSSR count). The summed E-state index contributed by atoms with van der Waals surface area (Å²) in [4.78, 5) is 22.6. The molecule has 0 saturated heterocycles. The molecule has 0 aliphatic carbocycles. The van der Waals surface area contributed by atoms with Crippen LogP contribution in [0.5, 0.6) is 5.75 Å². The lowest BCUT2D eigenvalue weighted by atomic mass is 10.1. The highest BCUT2D eigenvalue weighted by Crippen LogP contribution is 2.33. The molecule has 2 aromatic heterocycles. The summed E-state index contributed by atoms with van der Waals surface area (Å²) in [7, 11) is 4.90. The number of methoxy groups -OCH3 is 1. The number of nitrogens with one attached hydrogen (secondary N) is 2. The maximum absolute atomic E-state index is 13.8. The van der Waals surface area contributed by atoms with Crippen molar-refractivity contribution in [3.05, 3.63) is 59.2 Å². The van der Waals surface area contributed by atoms with Crippen molar-refractivity contribution in [3.8, 4) is 17.1 Å². The van der Waals surface area contributed by atoms with Gasteiger partial charge in [0.15, 0.2) is 23.1 Å². The Morgan fingerprint density at radius 1 is 1.25 bits per heavy atom. The van der Waals surface area contributed by atoms with E-state index < -0.39 is 5.82 Å². The fraction of sp³-hybridized carbons (Fsp3) is 0.261. The quantitative estimate of drug-likeness (QED) is 0.458. The number of halogens is 1. The third-order valence-corrected chi connectivity index (χ3v) is 5.07. The molecule has 166 valence electrons. The van der Waals surface area contributed by atoms with Crippen LogP contribution >= 0.6 is 0 Å². The number of carbonyl (C=O) groups is 1. The van der Waals surface area contributed by atoms with Crippen molar-refractivity contribution in [1.29, 1.82) is 0 Å². The number of ether oxygens (including phenoxy) is 1. The largest absolute Gasteiger partial charge is 0.494 e. The van der Waals surface area contributed by atoms with Gasteiger partial charge in [-0.1, -0.05) is 11.2 Å². The molecule has 2 N–H and O–H groups in total. The van der Waals surface area contributed by atoms with Gasteiger partial charge in [0.25, 0.3) is 5.91 Å². The normalized spacial score (nSPS) is 11.0. The van der Waals surface area contributed by atoms with E-state index in [-0.39, 0.29) is 23.0 Å². The van der Waals surface area contributed by atoms with E-state index in [0.29, 0.717) is 24.3 Å². The SMILES string of the molecule is COc1cc(-c2onc(N(C)C)c2C(=O)NCCc2nc3ccc(C)cc3[nH]2)ccc1F. The minimum absolute atomic E-state index is 0.0526. The van der Waals surface area contributed by atoms with E-state index in [1.807, 2.05) is 25.1 Å². The smallest absolute Gasteiger partial charge is 0.259 e. The first-order valence-corrected chi connectivity index (χ1v) is 10.1. The lowest BCUT2D eigenvalue weighted by Crippen LogP contribution is -2.28. The number of aryl methyl sites for hydroxylation is 1. The van der Waals surface area contributed by atoms with Crippen molar-refractivity contribution in [3.63, 3.8) is 0 Å². The zero-order valence-corrected chi connectivity index (χ0v) is 18.3. The van der Waals surface area contributed by atoms with Crippen LogP contribution in [0.15, 0.2) is 40.9 Å². The average molecular weight is 437 g/mol. The van der Waals surface area contributed by atoms with E-state index in [9.17, 15) is 9.18 Å². The molecule has 0 aliphatic heterocycles. The molecule has 0 bridgehead atoms. The van der Waals surface area contributed by atoms with Crippen LogP contribution in [0.25, 0.3) is 22.4 Å². The Bertz CT molecular complexity index is 1280. The molecule has 0 aliphatic rings. The first-order chi connectivity index (χ1) is 15.4. The summed E-state index contributed by atoms with van der Waals surface area (Å²) in [6, 6.07) is 10.3.